The first-order valence-corrected chi connectivity index (χ1v) is 8.13. The highest BCUT2D eigenvalue weighted by Crippen LogP contribution is 2.22. The van der Waals surface area contributed by atoms with Crippen LogP contribution in [0, 0.1) is 11.7 Å². The highest BCUT2D eigenvalue weighted by molar-refractivity contribution is 7.09. The molecule has 4 nitrogen and oxygen atoms in total. The van der Waals surface area contributed by atoms with Gasteiger partial charge >= 0.3 is 0 Å². The Hall–Kier alpha value is -1.79. The Kier molecular flexibility index (Phi) is 4.80. The van der Waals surface area contributed by atoms with Crippen LogP contribution in [0.1, 0.15) is 17.8 Å². The summed E-state index contributed by atoms with van der Waals surface area (Å²) in [6.45, 7) is 1.86. The summed E-state index contributed by atoms with van der Waals surface area (Å²) < 4.78 is 18.2. The number of rotatable bonds is 5. The van der Waals surface area contributed by atoms with Crippen LogP contribution in [0.15, 0.2) is 29.6 Å². The third-order valence-electron chi connectivity index (χ3n) is 3.63. The van der Waals surface area contributed by atoms with E-state index in [2.05, 4.69) is 10.3 Å². The third-order valence-corrected chi connectivity index (χ3v) is 4.48. The molecular weight excluding hydrogens is 303 g/mol. The summed E-state index contributed by atoms with van der Waals surface area (Å²) in [5.74, 6) is 0.113. The first kappa shape index (κ1) is 15.1. The predicted octanol–water partition coefficient (Wildman–Crippen LogP) is 2.99. The summed E-state index contributed by atoms with van der Waals surface area (Å²) in [4.78, 5) is 16.3. The van der Waals surface area contributed by atoms with Crippen molar-refractivity contribution in [1.29, 1.82) is 0 Å². The average Bonchev–Trinajstić information content (AvgIpc) is 3.17. The second-order valence-electron chi connectivity index (χ2n) is 5.34. The molecule has 0 bridgehead atoms. The number of thiazole rings is 1. The van der Waals surface area contributed by atoms with E-state index >= 15 is 0 Å². The zero-order valence-electron chi connectivity index (χ0n) is 12.0. The average molecular weight is 320 g/mol. The molecular formula is C16H17FN2O2S. The highest BCUT2D eigenvalue weighted by Gasteiger charge is 2.19. The smallest absolute Gasteiger partial charge is 0.220 e. The van der Waals surface area contributed by atoms with Gasteiger partial charge in [-0.25, -0.2) is 9.37 Å². The molecule has 1 amide bonds. The van der Waals surface area contributed by atoms with Crippen LogP contribution in [0.4, 0.5) is 4.39 Å². The van der Waals surface area contributed by atoms with Crippen LogP contribution in [-0.2, 0) is 16.1 Å². The molecule has 2 aromatic rings. The molecule has 2 heterocycles. The molecule has 1 aliphatic rings. The summed E-state index contributed by atoms with van der Waals surface area (Å²) >= 11 is 1.49. The van der Waals surface area contributed by atoms with E-state index in [0.717, 1.165) is 29.3 Å². The Labute approximate surface area is 132 Å². The van der Waals surface area contributed by atoms with Crippen molar-refractivity contribution >= 4 is 17.2 Å². The lowest BCUT2D eigenvalue weighted by Gasteiger charge is -2.07. The van der Waals surface area contributed by atoms with Crippen molar-refractivity contribution in [3.05, 3.63) is 40.5 Å². The number of nitrogens with one attached hydrogen (secondary N) is 1. The van der Waals surface area contributed by atoms with Crippen molar-refractivity contribution in [1.82, 2.24) is 10.3 Å². The van der Waals surface area contributed by atoms with Crippen molar-refractivity contribution in [2.24, 2.45) is 5.92 Å². The quantitative estimate of drug-likeness (QED) is 0.921. The minimum Gasteiger partial charge on any atom is -0.381 e. The molecule has 3 rings (SSSR count). The van der Waals surface area contributed by atoms with Gasteiger partial charge in [0, 0.05) is 30.6 Å². The summed E-state index contributed by atoms with van der Waals surface area (Å²) in [5, 5.41) is 5.65. The molecule has 1 atom stereocenters. The van der Waals surface area contributed by atoms with Gasteiger partial charge in [0.1, 0.15) is 10.8 Å². The lowest BCUT2D eigenvalue weighted by Crippen LogP contribution is -2.25. The van der Waals surface area contributed by atoms with Gasteiger partial charge in [0.2, 0.25) is 5.91 Å². The summed E-state index contributed by atoms with van der Waals surface area (Å²) in [5.41, 5.74) is 1.68. The third kappa shape index (κ3) is 3.90. The highest BCUT2D eigenvalue weighted by atomic mass is 32.1. The number of hydrogen-bond donors (Lipinski definition) is 1. The number of carbonyl (C=O) groups excluding carboxylic acids is 1. The molecule has 22 heavy (non-hydrogen) atoms. The molecule has 1 aliphatic heterocycles. The predicted molar refractivity (Wildman–Crippen MR) is 82.9 cm³/mol. The number of aromatic nitrogens is 1. The maximum atomic E-state index is 12.9. The van der Waals surface area contributed by atoms with Crippen LogP contribution >= 0.6 is 11.3 Å². The number of hydrogen-bond acceptors (Lipinski definition) is 4. The molecule has 1 aromatic carbocycles. The Morgan fingerprint density at radius 1 is 1.41 bits per heavy atom. The lowest BCUT2D eigenvalue weighted by molar-refractivity contribution is -0.122. The van der Waals surface area contributed by atoms with E-state index in [0.29, 0.717) is 25.5 Å². The zero-order chi connectivity index (χ0) is 15.4. The van der Waals surface area contributed by atoms with Crippen LogP contribution < -0.4 is 5.32 Å². The fourth-order valence-corrected chi connectivity index (χ4v) is 3.14. The van der Waals surface area contributed by atoms with Crippen LogP contribution in [0.5, 0.6) is 0 Å². The lowest BCUT2D eigenvalue weighted by atomic mass is 10.1. The maximum Gasteiger partial charge on any atom is 0.220 e. The van der Waals surface area contributed by atoms with Crippen molar-refractivity contribution in [3.8, 4) is 11.3 Å². The Bertz CT molecular complexity index is 636. The first-order valence-electron chi connectivity index (χ1n) is 7.25. The van der Waals surface area contributed by atoms with Gasteiger partial charge < -0.3 is 10.1 Å². The van der Waals surface area contributed by atoms with Crippen molar-refractivity contribution < 1.29 is 13.9 Å². The standard InChI is InChI=1S/C16H17FN2O2S/c17-13-3-1-12(2-4-13)14-10-22-16(19-14)8-18-15(20)7-11-5-6-21-9-11/h1-4,10-11H,5-9H2,(H,18,20)/t11-/m1/s1. The summed E-state index contributed by atoms with van der Waals surface area (Å²) in [6.07, 6.45) is 1.47. The Morgan fingerprint density at radius 3 is 2.95 bits per heavy atom. The van der Waals surface area contributed by atoms with E-state index in [9.17, 15) is 9.18 Å². The number of halogens is 1. The van der Waals surface area contributed by atoms with Crippen molar-refractivity contribution in [2.75, 3.05) is 13.2 Å². The number of amides is 1. The molecule has 1 aromatic heterocycles. The van der Waals surface area contributed by atoms with Crippen LogP contribution in [0.2, 0.25) is 0 Å². The van der Waals surface area contributed by atoms with Gasteiger partial charge in [0.05, 0.1) is 12.2 Å². The van der Waals surface area contributed by atoms with Gasteiger partial charge in [-0.05, 0) is 36.6 Å². The molecule has 0 aliphatic carbocycles. The van der Waals surface area contributed by atoms with Gasteiger partial charge in [0.25, 0.3) is 0 Å². The molecule has 0 radical (unpaired) electrons. The molecule has 0 unspecified atom stereocenters. The summed E-state index contributed by atoms with van der Waals surface area (Å²) in [6, 6.07) is 6.24. The number of carbonyl (C=O) groups is 1. The molecule has 1 fully saturated rings. The normalized spacial score (nSPS) is 17.6. The number of benzene rings is 1. The van der Waals surface area contributed by atoms with E-state index in [1.54, 1.807) is 12.1 Å². The summed E-state index contributed by atoms with van der Waals surface area (Å²) in [7, 11) is 0. The molecule has 1 N–H and O–H groups in total. The van der Waals surface area contributed by atoms with E-state index < -0.39 is 0 Å². The van der Waals surface area contributed by atoms with E-state index in [-0.39, 0.29) is 11.7 Å². The van der Waals surface area contributed by atoms with Gasteiger partial charge in [-0.15, -0.1) is 11.3 Å². The van der Waals surface area contributed by atoms with Crippen molar-refractivity contribution in [2.45, 2.75) is 19.4 Å². The second-order valence-corrected chi connectivity index (χ2v) is 6.29. The first-order chi connectivity index (χ1) is 10.7. The molecule has 0 saturated carbocycles. The minimum atomic E-state index is -0.262. The van der Waals surface area contributed by atoms with E-state index in [4.69, 9.17) is 4.74 Å². The van der Waals surface area contributed by atoms with Gasteiger partial charge in [-0.1, -0.05) is 0 Å². The molecule has 6 heteroatoms. The molecule has 0 spiro atoms. The van der Waals surface area contributed by atoms with Crippen LogP contribution in [0.25, 0.3) is 11.3 Å². The van der Waals surface area contributed by atoms with Gasteiger partial charge in [-0.3, -0.25) is 4.79 Å². The second kappa shape index (κ2) is 6.98. The molecule has 116 valence electrons. The van der Waals surface area contributed by atoms with E-state index in [1.165, 1.54) is 23.5 Å². The maximum absolute atomic E-state index is 12.9. The van der Waals surface area contributed by atoms with Crippen LogP contribution in [0.3, 0.4) is 0 Å². The monoisotopic (exact) mass is 320 g/mol. The fourth-order valence-electron chi connectivity index (χ4n) is 2.40. The van der Waals surface area contributed by atoms with E-state index in [1.807, 2.05) is 5.38 Å². The van der Waals surface area contributed by atoms with Crippen molar-refractivity contribution in [3.63, 3.8) is 0 Å². The topological polar surface area (TPSA) is 51.2 Å². The van der Waals surface area contributed by atoms with Gasteiger partial charge in [0.15, 0.2) is 0 Å². The van der Waals surface area contributed by atoms with Crippen LogP contribution in [-0.4, -0.2) is 24.1 Å². The minimum absolute atomic E-state index is 0.0361. The Balaban J connectivity index is 1.53. The fraction of sp³-hybridized carbons (Fsp3) is 0.375. The SMILES string of the molecule is O=C(C[C@H]1CCOC1)NCc1nc(-c2ccc(F)cc2)cs1. The molecule has 1 saturated heterocycles. The number of nitrogens with zero attached hydrogens (tertiary/aromatic N) is 1. The largest absolute Gasteiger partial charge is 0.381 e. The van der Waals surface area contributed by atoms with Gasteiger partial charge in [-0.2, -0.15) is 0 Å². The number of ether oxygens (including phenoxy) is 1. The zero-order valence-corrected chi connectivity index (χ0v) is 12.9. The Morgan fingerprint density at radius 2 is 2.23 bits per heavy atom.